The van der Waals surface area contributed by atoms with Crippen LogP contribution in [0.3, 0.4) is 0 Å². The van der Waals surface area contributed by atoms with E-state index in [9.17, 15) is 0 Å². The first-order valence-corrected chi connectivity index (χ1v) is 11.1. The standard InChI is InChI=1S/C23H46/c1-6-10-12-13-14-15-16-20-19-21(20)22(17-11-7-2)23(5,9-4)18-8-3/h20-22H,6-19H2,1-5H3. The molecule has 0 aromatic rings. The van der Waals surface area contributed by atoms with Gasteiger partial charge in [-0.3, -0.25) is 0 Å². The third-order valence-electron chi connectivity index (χ3n) is 6.82. The van der Waals surface area contributed by atoms with E-state index in [0.29, 0.717) is 5.41 Å². The molecule has 1 aliphatic carbocycles. The third-order valence-corrected chi connectivity index (χ3v) is 6.82. The van der Waals surface area contributed by atoms with E-state index in [2.05, 4.69) is 34.6 Å². The lowest BCUT2D eigenvalue weighted by Crippen LogP contribution is -2.29. The van der Waals surface area contributed by atoms with E-state index in [1.807, 2.05) is 0 Å². The van der Waals surface area contributed by atoms with Gasteiger partial charge < -0.3 is 0 Å². The zero-order valence-corrected chi connectivity index (χ0v) is 17.1. The van der Waals surface area contributed by atoms with E-state index >= 15 is 0 Å². The van der Waals surface area contributed by atoms with Crippen LogP contribution in [0.4, 0.5) is 0 Å². The topological polar surface area (TPSA) is 0 Å². The van der Waals surface area contributed by atoms with E-state index in [4.69, 9.17) is 0 Å². The average Bonchev–Trinajstić information content (AvgIpc) is 3.30. The van der Waals surface area contributed by atoms with Crippen LogP contribution in [0.2, 0.25) is 0 Å². The molecule has 0 spiro atoms. The molecule has 1 saturated carbocycles. The van der Waals surface area contributed by atoms with Crippen LogP contribution in [0.5, 0.6) is 0 Å². The highest BCUT2D eigenvalue weighted by atomic mass is 14.5. The van der Waals surface area contributed by atoms with Crippen molar-refractivity contribution in [3.05, 3.63) is 0 Å². The summed E-state index contributed by atoms with van der Waals surface area (Å²) in [6.07, 6.45) is 20.4. The SMILES string of the molecule is CCCCCCCCC1CC1C(CCCC)C(C)(CC)CCC. The maximum atomic E-state index is 2.61. The number of unbranched alkanes of at least 4 members (excludes halogenated alkanes) is 6. The van der Waals surface area contributed by atoms with Gasteiger partial charge in [-0.2, -0.15) is 0 Å². The van der Waals surface area contributed by atoms with Gasteiger partial charge in [0.2, 0.25) is 0 Å². The van der Waals surface area contributed by atoms with Gasteiger partial charge in [0.25, 0.3) is 0 Å². The molecule has 4 atom stereocenters. The molecule has 23 heavy (non-hydrogen) atoms. The highest BCUT2D eigenvalue weighted by Crippen LogP contribution is 2.56. The van der Waals surface area contributed by atoms with Gasteiger partial charge >= 0.3 is 0 Å². The highest BCUT2D eigenvalue weighted by molar-refractivity contribution is 4.97. The summed E-state index contributed by atoms with van der Waals surface area (Å²) in [5.41, 5.74) is 0.616. The zero-order valence-electron chi connectivity index (χ0n) is 17.1. The van der Waals surface area contributed by atoms with Gasteiger partial charge in [0.15, 0.2) is 0 Å². The summed E-state index contributed by atoms with van der Waals surface area (Å²) in [5.74, 6) is 3.18. The lowest BCUT2D eigenvalue weighted by Gasteiger charge is -2.38. The minimum Gasteiger partial charge on any atom is -0.0654 e. The van der Waals surface area contributed by atoms with Crippen molar-refractivity contribution in [3.63, 3.8) is 0 Å². The summed E-state index contributed by atoms with van der Waals surface area (Å²) in [6, 6.07) is 0. The van der Waals surface area contributed by atoms with Crippen molar-refractivity contribution in [1.29, 1.82) is 0 Å². The Hall–Kier alpha value is 0. The predicted molar refractivity (Wildman–Crippen MR) is 106 cm³/mol. The second kappa shape index (κ2) is 11.5. The second-order valence-corrected chi connectivity index (χ2v) is 8.72. The van der Waals surface area contributed by atoms with Crippen molar-refractivity contribution in [2.75, 3.05) is 0 Å². The Labute approximate surface area is 148 Å². The summed E-state index contributed by atoms with van der Waals surface area (Å²) >= 11 is 0. The van der Waals surface area contributed by atoms with Gasteiger partial charge in [-0.15, -0.1) is 0 Å². The van der Waals surface area contributed by atoms with Crippen molar-refractivity contribution >= 4 is 0 Å². The Kier molecular flexibility index (Phi) is 10.6. The smallest absolute Gasteiger partial charge is 0.0298 e. The predicted octanol–water partition coefficient (Wildman–Crippen LogP) is 8.40. The molecule has 138 valence electrons. The molecule has 0 nitrogen and oxygen atoms in total. The maximum absolute atomic E-state index is 2.61. The lowest BCUT2D eigenvalue weighted by atomic mass is 9.67. The van der Waals surface area contributed by atoms with Gasteiger partial charge in [-0.25, -0.2) is 0 Å². The first-order valence-electron chi connectivity index (χ1n) is 11.1. The molecule has 1 rings (SSSR count). The number of hydrogen-bond donors (Lipinski definition) is 0. The van der Waals surface area contributed by atoms with Crippen molar-refractivity contribution in [2.24, 2.45) is 23.2 Å². The molecule has 0 heteroatoms. The fourth-order valence-corrected chi connectivity index (χ4v) is 4.98. The van der Waals surface area contributed by atoms with E-state index in [1.165, 1.54) is 83.5 Å². The van der Waals surface area contributed by atoms with Gasteiger partial charge in [0.1, 0.15) is 0 Å². The molecular formula is C23H46. The summed E-state index contributed by atoms with van der Waals surface area (Å²) in [7, 11) is 0. The monoisotopic (exact) mass is 322 g/mol. The van der Waals surface area contributed by atoms with Gasteiger partial charge in [-0.05, 0) is 42.4 Å². The van der Waals surface area contributed by atoms with Crippen LogP contribution >= 0.6 is 0 Å². The third kappa shape index (κ3) is 7.18. The summed E-state index contributed by atoms with van der Waals surface area (Å²) in [6.45, 7) is 12.1. The van der Waals surface area contributed by atoms with Gasteiger partial charge in [0, 0.05) is 0 Å². The Morgan fingerprint density at radius 1 is 0.826 bits per heavy atom. The van der Waals surface area contributed by atoms with E-state index < -0.39 is 0 Å². The zero-order chi connectivity index (χ0) is 17.1. The fraction of sp³-hybridized carbons (Fsp3) is 1.00. The van der Waals surface area contributed by atoms with Crippen LogP contribution in [0.25, 0.3) is 0 Å². The quantitative estimate of drug-likeness (QED) is 0.265. The van der Waals surface area contributed by atoms with E-state index in [1.54, 1.807) is 6.42 Å². The molecule has 0 radical (unpaired) electrons. The summed E-state index contributed by atoms with van der Waals surface area (Å²) < 4.78 is 0. The van der Waals surface area contributed by atoms with Gasteiger partial charge in [0.05, 0.1) is 0 Å². The molecule has 0 aromatic carbocycles. The Morgan fingerprint density at radius 3 is 2.09 bits per heavy atom. The molecular weight excluding hydrogens is 276 g/mol. The van der Waals surface area contributed by atoms with Crippen LogP contribution in [0, 0.1) is 23.2 Å². The fourth-order valence-electron chi connectivity index (χ4n) is 4.98. The average molecular weight is 323 g/mol. The molecule has 1 fully saturated rings. The van der Waals surface area contributed by atoms with Crippen molar-refractivity contribution in [1.82, 2.24) is 0 Å². The molecule has 0 aliphatic heterocycles. The highest BCUT2D eigenvalue weighted by Gasteiger charge is 2.47. The van der Waals surface area contributed by atoms with Crippen molar-refractivity contribution in [3.8, 4) is 0 Å². The first-order chi connectivity index (χ1) is 11.1. The van der Waals surface area contributed by atoms with Crippen LogP contribution in [-0.2, 0) is 0 Å². The number of rotatable bonds is 15. The van der Waals surface area contributed by atoms with Crippen LogP contribution in [-0.4, -0.2) is 0 Å². The van der Waals surface area contributed by atoms with Crippen LogP contribution in [0.15, 0.2) is 0 Å². The molecule has 0 bridgehead atoms. The minimum absolute atomic E-state index is 0.616. The second-order valence-electron chi connectivity index (χ2n) is 8.72. The summed E-state index contributed by atoms with van der Waals surface area (Å²) in [5, 5.41) is 0. The van der Waals surface area contributed by atoms with E-state index in [0.717, 1.165) is 17.8 Å². The normalized spacial score (nSPS) is 24.4. The largest absolute Gasteiger partial charge is 0.0654 e. The van der Waals surface area contributed by atoms with Crippen LogP contribution < -0.4 is 0 Å². The van der Waals surface area contributed by atoms with Crippen molar-refractivity contribution < 1.29 is 0 Å². The molecule has 0 heterocycles. The minimum atomic E-state index is 0.616. The van der Waals surface area contributed by atoms with E-state index in [-0.39, 0.29) is 0 Å². The molecule has 0 N–H and O–H groups in total. The molecule has 0 saturated heterocycles. The van der Waals surface area contributed by atoms with Crippen molar-refractivity contribution in [2.45, 2.75) is 125 Å². The Balaban J connectivity index is 2.39. The molecule has 0 aromatic heterocycles. The Morgan fingerprint density at radius 2 is 1.48 bits per heavy atom. The van der Waals surface area contributed by atoms with Gasteiger partial charge in [-0.1, -0.05) is 105 Å². The molecule has 0 amide bonds. The first kappa shape index (κ1) is 21.0. The Bertz CT molecular complexity index is 282. The maximum Gasteiger partial charge on any atom is -0.0298 e. The van der Waals surface area contributed by atoms with Crippen LogP contribution in [0.1, 0.15) is 125 Å². The molecule has 1 aliphatic rings. The number of hydrogen-bond acceptors (Lipinski definition) is 0. The lowest BCUT2D eigenvalue weighted by molar-refractivity contribution is 0.119. The molecule has 4 unspecified atom stereocenters. The summed E-state index contributed by atoms with van der Waals surface area (Å²) in [4.78, 5) is 0.